The van der Waals surface area contributed by atoms with Crippen LogP contribution in [0.3, 0.4) is 0 Å². The zero-order valence-electron chi connectivity index (χ0n) is 20.0. The van der Waals surface area contributed by atoms with Crippen molar-refractivity contribution in [1.82, 2.24) is 20.2 Å². The molecule has 1 N–H and O–H groups in total. The van der Waals surface area contributed by atoms with Gasteiger partial charge < -0.3 is 10.1 Å². The molecule has 1 unspecified atom stereocenters. The molecule has 1 aliphatic rings. The average molecular weight is 495 g/mol. The van der Waals surface area contributed by atoms with Crippen LogP contribution in [-0.4, -0.2) is 49.8 Å². The van der Waals surface area contributed by atoms with E-state index < -0.39 is 18.0 Å². The molecule has 0 radical (unpaired) electrons. The summed E-state index contributed by atoms with van der Waals surface area (Å²) in [5, 5.41) is 14.6. The van der Waals surface area contributed by atoms with Crippen LogP contribution >= 0.6 is 0 Å². The minimum atomic E-state index is -1.19. The van der Waals surface area contributed by atoms with E-state index in [1.807, 2.05) is 31.2 Å². The van der Waals surface area contributed by atoms with Crippen LogP contribution in [0, 0.1) is 6.92 Å². The Kier molecular flexibility index (Phi) is 6.14. The van der Waals surface area contributed by atoms with Crippen molar-refractivity contribution in [3.05, 3.63) is 94.5 Å². The summed E-state index contributed by atoms with van der Waals surface area (Å²) in [6.07, 6.45) is -1.19. The number of fused-ring (bicyclic) bond motifs is 2. The molecule has 0 saturated carbocycles. The lowest BCUT2D eigenvalue weighted by atomic mass is 9.83. The fourth-order valence-corrected chi connectivity index (χ4v) is 4.02. The summed E-state index contributed by atoms with van der Waals surface area (Å²) in [5.41, 5.74) is 2.90. The molecule has 0 saturated heterocycles. The van der Waals surface area contributed by atoms with Gasteiger partial charge in [-0.3, -0.25) is 14.4 Å². The molecule has 0 spiro atoms. The zero-order valence-corrected chi connectivity index (χ0v) is 20.0. The molecule has 5 rings (SSSR count). The molecule has 1 atom stereocenters. The summed E-state index contributed by atoms with van der Waals surface area (Å²) in [6.45, 7) is 3.02. The number of amides is 1. The fraction of sp³-hybridized carbons (Fsp3) is 0.148. The van der Waals surface area contributed by atoms with Crippen LogP contribution in [0.15, 0.2) is 66.7 Å². The molecular weight excluding hydrogens is 474 g/mol. The van der Waals surface area contributed by atoms with Gasteiger partial charge in [-0.25, -0.2) is 4.79 Å². The second-order valence-corrected chi connectivity index (χ2v) is 8.56. The molecule has 4 aromatic rings. The molecule has 0 aliphatic heterocycles. The van der Waals surface area contributed by atoms with E-state index in [0.29, 0.717) is 11.4 Å². The number of aryl methyl sites for hydroxylation is 1. The van der Waals surface area contributed by atoms with Crippen molar-refractivity contribution >= 4 is 29.1 Å². The molecule has 0 bridgehead atoms. The minimum absolute atomic E-state index is 0.105. The molecule has 10 nitrogen and oxygen atoms in total. The lowest BCUT2D eigenvalue weighted by Crippen LogP contribution is -2.32. The van der Waals surface area contributed by atoms with Gasteiger partial charge in [0.2, 0.25) is 5.82 Å². The Bertz CT molecular complexity index is 1560. The molecule has 1 heterocycles. The van der Waals surface area contributed by atoms with E-state index in [-0.39, 0.29) is 40.5 Å². The van der Waals surface area contributed by atoms with E-state index in [0.717, 1.165) is 15.9 Å². The van der Waals surface area contributed by atoms with E-state index >= 15 is 0 Å². The number of rotatable bonds is 6. The molecule has 1 amide bonds. The summed E-state index contributed by atoms with van der Waals surface area (Å²) in [7, 11) is 0. The van der Waals surface area contributed by atoms with Crippen molar-refractivity contribution in [2.24, 2.45) is 0 Å². The van der Waals surface area contributed by atoms with Gasteiger partial charge in [-0.1, -0.05) is 66.2 Å². The van der Waals surface area contributed by atoms with Gasteiger partial charge >= 0.3 is 5.97 Å². The van der Waals surface area contributed by atoms with Gasteiger partial charge in [-0.05, 0) is 25.1 Å². The van der Waals surface area contributed by atoms with Gasteiger partial charge in [0.05, 0.1) is 11.3 Å². The number of hydrogen-bond acceptors (Lipinski definition) is 8. The first kappa shape index (κ1) is 23.7. The van der Waals surface area contributed by atoms with Crippen molar-refractivity contribution in [2.45, 2.75) is 26.5 Å². The third-order valence-electron chi connectivity index (χ3n) is 5.92. The lowest BCUT2D eigenvalue weighted by molar-refractivity contribution is -0.154. The van der Waals surface area contributed by atoms with Crippen molar-refractivity contribution in [3.63, 3.8) is 0 Å². The normalized spacial score (nSPS) is 12.9. The SMILES string of the molecule is Cc1ccc(-c2nnn(CC(=O)OC(C)C(=O)Nc3cccc4c3C(=O)c3ccccc3C4=O)n2)cc1. The first-order chi connectivity index (χ1) is 17.8. The number of nitrogens with one attached hydrogen (secondary N) is 1. The standard InChI is InChI=1S/C27H21N5O5/c1-15-10-12-17(13-11-15)26-29-31-32(30-26)14-22(33)37-16(2)27(36)28-21-9-5-8-20-23(21)25(35)19-7-4-3-6-18(19)24(20)34/h3-13,16H,14H2,1-2H3,(H,28,36). The molecule has 10 heteroatoms. The zero-order chi connectivity index (χ0) is 26.1. The largest absolute Gasteiger partial charge is 0.451 e. The number of benzene rings is 3. The highest BCUT2D eigenvalue weighted by atomic mass is 16.5. The van der Waals surface area contributed by atoms with Crippen LogP contribution in [0.2, 0.25) is 0 Å². The summed E-state index contributed by atoms with van der Waals surface area (Å²) in [4.78, 5) is 52.3. The minimum Gasteiger partial charge on any atom is -0.451 e. The maximum atomic E-state index is 13.1. The molecule has 3 aromatic carbocycles. The van der Waals surface area contributed by atoms with Gasteiger partial charge in [0.25, 0.3) is 5.91 Å². The van der Waals surface area contributed by atoms with Gasteiger partial charge in [-0.2, -0.15) is 4.80 Å². The highest BCUT2D eigenvalue weighted by Crippen LogP contribution is 2.32. The van der Waals surface area contributed by atoms with Crippen LogP contribution in [0.4, 0.5) is 5.69 Å². The third kappa shape index (κ3) is 4.64. The van der Waals surface area contributed by atoms with Crippen molar-refractivity contribution < 1.29 is 23.9 Å². The predicted octanol–water partition coefficient (Wildman–Crippen LogP) is 2.99. The van der Waals surface area contributed by atoms with Crippen LogP contribution in [0.1, 0.15) is 44.3 Å². The quantitative estimate of drug-likeness (QED) is 0.356. The van der Waals surface area contributed by atoms with Crippen molar-refractivity contribution in [2.75, 3.05) is 5.32 Å². The third-order valence-corrected chi connectivity index (χ3v) is 5.92. The fourth-order valence-electron chi connectivity index (χ4n) is 4.02. The number of nitrogens with zero attached hydrogens (tertiary/aromatic N) is 4. The van der Waals surface area contributed by atoms with E-state index in [4.69, 9.17) is 4.74 Å². The van der Waals surface area contributed by atoms with Crippen LogP contribution in [-0.2, 0) is 20.9 Å². The van der Waals surface area contributed by atoms with Gasteiger partial charge in [0, 0.05) is 22.3 Å². The molecule has 1 aliphatic carbocycles. The Balaban J connectivity index is 1.25. The topological polar surface area (TPSA) is 133 Å². The number of carbonyl (C=O) groups is 4. The highest BCUT2D eigenvalue weighted by Gasteiger charge is 2.32. The maximum Gasteiger partial charge on any atom is 0.330 e. The van der Waals surface area contributed by atoms with Gasteiger partial charge in [0.1, 0.15) is 0 Å². The summed E-state index contributed by atoms with van der Waals surface area (Å²) in [5.74, 6) is -1.72. The summed E-state index contributed by atoms with van der Waals surface area (Å²) in [6, 6.07) is 18.7. The number of aromatic nitrogens is 4. The number of carbonyl (C=O) groups excluding carboxylic acids is 4. The highest BCUT2D eigenvalue weighted by molar-refractivity contribution is 6.30. The number of hydrogen-bond donors (Lipinski definition) is 1. The Labute approximate surface area is 211 Å². The van der Waals surface area contributed by atoms with E-state index in [2.05, 4.69) is 20.7 Å². The second-order valence-electron chi connectivity index (χ2n) is 8.56. The number of ether oxygens (including phenoxy) is 1. The molecule has 184 valence electrons. The predicted molar refractivity (Wildman–Crippen MR) is 132 cm³/mol. The average Bonchev–Trinajstić information content (AvgIpc) is 3.35. The van der Waals surface area contributed by atoms with Crippen molar-refractivity contribution in [1.29, 1.82) is 0 Å². The smallest absolute Gasteiger partial charge is 0.330 e. The number of esters is 1. The Morgan fingerprint density at radius 3 is 2.32 bits per heavy atom. The van der Waals surface area contributed by atoms with Crippen LogP contribution in [0.5, 0.6) is 0 Å². The molecule has 1 aromatic heterocycles. The Morgan fingerprint density at radius 1 is 0.919 bits per heavy atom. The monoisotopic (exact) mass is 495 g/mol. The van der Waals surface area contributed by atoms with Crippen LogP contribution < -0.4 is 5.32 Å². The summed E-state index contributed by atoms with van der Waals surface area (Å²) < 4.78 is 5.24. The van der Waals surface area contributed by atoms with E-state index in [9.17, 15) is 19.2 Å². The molecule has 37 heavy (non-hydrogen) atoms. The molecular formula is C27H21N5O5. The van der Waals surface area contributed by atoms with E-state index in [1.165, 1.54) is 13.0 Å². The summed E-state index contributed by atoms with van der Waals surface area (Å²) >= 11 is 0. The van der Waals surface area contributed by atoms with Crippen LogP contribution in [0.25, 0.3) is 11.4 Å². The molecule has 0 fully saturated rings. The Morgan fingerprint density at radius 2 is 1.59 bits per heavy atom. The van der Waals surface area contributed by atoms with E-state index in [1.54, 1.807) is 36.4 Å². The van der Waals surface area contributed by atoms with Gasteiger partial charge in [-0.15, -0.1) is 10.2 Å². The number of ketones is 2. The first-order valence-corrected chi connectivity index (χ1v) is 11.5. The lowest BCUT2D eigenvalue weighted by Gasteiger charge is -2.21. The Hall–Kier alpha value is -4.99. The van der Waals surface area contributed by atoms with Crippen molar-refractivity contribution in [3.8, 4) is 11.4 Å². The first-order valence-electron chi connectivity index (χ1n) is 11.5. The second kappa shape index (κ2) is 9.57. The number of tetrazole rings is 1. The maximum absolute atomic E-state index is 13.1. The number of anilines is 1. The van der Waals surface area contributed by atoms with Gasteiger partial charge in [0.15, 0.2) is 24.2 Å².